The summed E-state index contributed by atoms with van der Waals surface area (Å²) in [7, 11) is 0. The Morgan fingerprint density at radius 1 is 1.32 bits per heavy atom. The smallest absolute Gasteiger partial charge is 0.176 e. The maximum atomic E-state index is 12.5. The zero-order valence-corrected chi connectivity index (χ0v) is 13.4. The highest BCUT2D eigenvalue weighted by Gasteiger charge is 2.26. The number of nitrogens with zero attached hydrogens (tertiary/aromatic N) is 1. The molecule has 0 saturated carbocycles. The Kier molecular flexibility index (Phi) is 4.36. The van der Waals surface area contributed by atoms with Crippen molar-refractivity contribution < 1.29 is 9.53 Å². The molecule has 0 unspecified atom stereocenters. The molecule has 0 amide bonds. The summed E-state index contributed by atoms with van der Waals surface area (Å²) in [5.74, 6) is 1.00. The van der Waals surface area contributed by atoms with E-state index >= 15 is 0 Å². The second-order valence-corrected chi connectivity index (χ2v) is 6.73. The number of carbonyl (C=O) groups excluding carboxylic acids is 1. The van der Waals surface area contributed by atoms with E-state index in [1.165, 1.54) is 0 Å². The Bertz CT molecular complexity index is 549. The highest BCUT2D eigenvalue weighted by Crippen LogP contribution is 2.33. The average molecular weight is 303 g/mol. The van der Waals surface area contributed by atoms with Crippen molar-refractivity contribution in [1.82, 2.24) is 10.2 Å². The summed E-state index contributed by atoms with van der Waals surface area (Å²) in [5.41, 5.74) is 1.46. The number of hydrogen-bond donors (Lipinski definition) is 2. The predicted octanol–water partition coefficient (Wildman–Crippen LogP) is 1.75. The van der Waals surface area contributed by atoms with Crippen LogP contribution in [0.15, 0.2) is 18.2 Å². The van der Waals surface area contributed by atoms with Crippen molar-refractivity contribution in [1.29, 1.82) is 0 Å². The molecule has 0 spiro atoms. The minimum atomic E-state index is -0.211. The molecule has 0 radical (unpaired) electrons. The van der Waals surface area contributed by atoms with Crippen molar-refractivity contribution in [3.05, 3.63) is 23.8 Å². The first-order valence-corrected chi connectivity index (χ1v) is 8.07. The molecule has 1 aromatic carbocycles. The predicted molar refractivity (Wildman–Crippen MR) is 87.9 cm³/mol. The quantitative estimate of drug-likeness (QED) is 0.833. The van der Waals surface area contributed by atoms with E-state index in [-0.39, 0.29) is 11.4 Å². The maximum absolute atomic E-state index is 12.5. The molecular formula is C17H25N3O2. The van der Waals surface area contributed by atoms with Gasteiger partial charge < -0.3 is 15.4 Å². The molecule has 0 atom stereocenters. The minimum Gasteiger partial charge on any atom is -0.484 e. The van der Waals surface area contributed by atoms with E-state index in [9.17, 15) is 4.79 Å². The van der Waals surface area contributed by atoms with E-state index in [1.807, 2.05) is 18.2 Å². The van der Waals surface area contributed by atoms with Gasteiger partial charge in [-0.1, -0.05) is 0 Å². The molecule has 0 aromatic heterocycles. The fraction of sp³-hybridized carbons (Fsp3) is 0.588. The lowest BCUT2D eigenvalue weighted by molar-refractivity contribution is 0.0934. The van der Waals surface area contributed by atoms with Crippen molar-refractivity contribution >= 4 is 11.5 Å². The van der Waals surface area contributed by atoms with Crippen LogP contribution in [0.4, 0.5) is 5.69 Å². The number of carbonyl (C=O) groups is 1. The van der Waals surface area contributed by atoms with Gasteiger partial charge in [0.1, 0.15) is 11.4 Å². The third kappa shape index (κ3) is 3.59. The molecule has 2 N–H and O–H groups in total. The van der Waals surface area contributed by atoms with Gasteiger partial charge in [-0.25, -0.2) is 0 Å². The molecule has 0 aliphatic carbocycles. The Morgan fingerprint density at radius 3 is 3.05 bits per heavy atom. The van der Waals surface area contributed by atoms with E-state index in [0.29, 0.717) is 6.54 Å². The van der Waals surface area contributed by atoms with Gasteiger partial charge in [0.2, 0.25) is 0 Å². The van der Waals surface area contributed by atoms with Crippen LogP contribution >= 0.6 is 0 Å². The van der Waals surface area contributed by atoms with E-state index in [4.69, 9.17) is 4.74 Å². The van der Waals surface area contributed by atoms with Crippen LogP contribution in [0.1, 0.15) is 30.6 Å². The third-order valence-corrected chi connectivity index (χ3v) is 4.19. The fourth-order valence-electron chi connectivity index (χ4n) is 2.93. The summed E-state index contributed by atoms with van der Waals surface area (Å²) < 4.78 is 5.93. The number of benzene rings is 1. The van der Waals surface area contributed by atoms with Gasteiger partial charge in [-0.05, 0) is 51.6 Å². The molecule has 22 heavy (non-hydrogen) atoms. The van der Waals surface area contributed by atoms with Gasteiger partial charge >= 0.3 is 0 Å². The number of Topliss-reactive ketones (excluding diaryl/α,β-unsaturated/α-hetero) is 1. The highest BCUT2D eigenvalue weighted by molar-refractivity contribution is 5.98. The Labute approximate surface area is 132 Å². The van der Waals surface area contributed by atoms with E-state index in [2.05, 4.69) is 29.4 Å². The molecule has 120 valence electrons. The molecule has 3 rings (SSSR count). The molecule has 5 heteroatoms. The molecule has 1 saturated heterocycles. The van der Waals surface area contributed by atoms with Crippen LogP contribution in [0.2, 0.25) is 0 Å². The van der Waals surface area contributed by atoms with E-state index < -0.39 is 0 Å². The Morgan fingerprint density at radius 2 is 2.18 bits per heavy atom. The van der Waals surface area contributed by atoms with Gasteiger partial charge in [-0.15, -0.1) is 0 Å². The zero-order chi connectivity index (χ0) is 15.6. The van der Waals surface area contributed by atoms with Crippen LogP contribution in [0.3, 0.4) is 0 Å². The summed E-state index contributed by atoms with van der Waals surface area (Å²) in [6, 6.07) is 5.70. The SMILES string of the molecule is CC1(C)CNc2cc(C(=O)CN3CCCNCC3)ccc2O1. The molecule has 1 aromatic rings. The molecule has 2 heterocycles. The van der Waals surface area contributed by atoms with E-state index in [1.54, 1.807) is 0 Å². The molecular weight excluding hydrogens is 278 g/mol. The van der Waals surface area contributed by atoms with Crippen molar-refractivity contribution in [3.8, 4) is 5.75 Å². The summed E-state index contributed by atoms with van der Waals surface area (Å²) >= 11 is 0. The lowest BCUT2D eigenvalue weighted by Crippen LogP contribution is -2.40. The normalized spacial score (nSPS) is 21.2. The number of nitrogens with one attached hydrogen (secondary N) is 2. The second-order valence-electron chi connectivity index (χ2n) is 6.73. The summed E-state index contributed by atoms with van der Waals surface area (Å²) in [5, 5.41) is 6.72. The average Bonchev–Trinajstić information content (AvgIpc) is 2.74. The number of rotatable bonds is 3. The zero-order valence-electron chi connectivity index (χ0n) is 13.4. The molecule has 0 bridgehead atoms. The van der Waals surface area contributed by atoms with Crippen LogP contribution in [0.25, 0.3) is 0 Å². The third-order valence-electron chi connectivity index (χ3n) is 4.19. The summed E-state index contributed by atoms with van der Waals surface area (Å²) in [6.07, 6.45) is 1.10. The highest BCUT2D eigenvalue weighted by atomic mass is 16.5. The number of ketones is 1. The van der Waals surface area contributed by atoms with Crippen LogP contribution in [-0.2, 0) is 0 Å². The van der Waals surface area contributed by atoms with Crippen molar-refractivity contribution in [3.63, 3.8) is 0 Å². The number of hydrogen-bond acceptors (Lipinski definition) is 5. The molecule has 2 aliphatic rings. The lowest BCUT2D eigenvalue weighted by Gasteiger charge is -2.33. The Balaban J connectivity index is 1.68. The number of ether oxygens (including phenoxy) is 1. The van der Waals surface area contributed by atoms with Gasteiger partial charge in [0.15, 0.2) is 5.78 Å². The van der Waals surface area contributed by atoms with Gasteiger partial charge in [-0.3, -0.25) is 9.69 Å². The first-order chi connectivity index (χ1) is 10.5. The molecule has 5 nitrogen and oxygen atoms in total. The molecule has 2 aliphatic heterocycles. The fourth-order valence-corrected chi connectivity index (χ4v) is 2.93. The lowest BCUT2D eigenvalue weighted by atomic mass is 10.0. The van der Waals surface area contributed by atoms with Crippen LogP contribution in [0, 0.1) is 0 Å². The van der Waals surface area contributed by atoms with Crippen LogP contribution in [-0.4, -0.2) is 55.6 Å². The minimum absolute atomic E-state index is 0.177. The Hall–Kier alpha value is -1.59. The van der Waals surface area contributed by atoms with Crippen LogP contribution in [0.5, 0.6) is 5.75 Å². The largest absolute Gasteiger partial charge is 0.484 e. The van der Waals surface area contributed by atoms with Crippen molar-refractivity contribution in [2.75, 3.05) is 44.6 Å². The summed E-state index contributed by atoms with van der Waals surface area (Å²) in [4.78, 5) is 14.7. The monoisotopic (exact) mass is 303 g/mol. The second kappa shape index (κ2) is 6.26. The van der Waals surface area contributed by atoms with E-state index in [0.717, 1.165) is 56.1 Å². The van der Waals surface area contributed by atoms with Gasteiger partial charge in [0, 0.05) is 18.7 Å². The maximum Gasteiger partial charge on any atom is 0.176 e. The first-order valence-electron chi connectivity index (χ1n) is 8.07. The topological polar surface area (TPSA) is 53.6 Å². The summed E-state index contributed by atoms with van der Waals surface area (Å²) in [6.45, 7) is 9.26. The van der Waals surface area contributed by atoms with Gasteiger partial charge in [0.25, 0.3) is 0 Å². The number of anilines is 1. The van der Waals surface area contributed by atoms with Crippen molar-refractivity contribution in [2.24, 2.45) is 0 Å². The van der Waals surface area contributed by atoms with Gasteiger partial charge in [0.05, 0.1) is 18.8 Å². The number of fused-ring (bicyclic) bond motifs is 1. The van der Waals surface area contributed by atoms with Crippen molar-refractivity contribution in [2.45, 2.75) is 25.9 Å². The first kappa shape index (κ1) is 15.3. The molecule has 1 fully saturated rings. The standard InChI is InChI=1S/C17H25N3O2/c1-17(2)12-19-14-10-13(4-5-16(14)22-17)15(21)11-20-8-3-6-18-7-9-20/h4-5,10,18-19H,3,6-9,11-12H2,1-2H3. The van der Waals surface area contributed by atoms with Gasteiger partial charge in [-0.2, -0.15) is 0 Å². The van der Waals surface area contributed by atoms with Crippen LogP contribution < -0.4 is 15.4 Å².